The zero-order valence-electron chi connectivity index (χ0n) is 12.1. The molecule has 0 aliphatic heterocycles. The fourth-order valence-electron chi connectivity index (χ4n) is 1.89. The van der Waals surface area contributed by atoms with E-state index in [0.29, 0.717) is 12.2 Å². The van der Waals surface area contributed by atoms with Crippen LogP contribution in [0.2, 0.25) is 0 Å². The molecule has 0 atom stereocenters. The lowest BCUT2D eigenvalue weighted by Crippen LogP contribution is -2.38. The van der Waals surface area contributed by atoms with Crippen LogP contribution in [0.5, 0.6) is 0 Å². The van der Waals surface area contributed by atoms with Gasteiger partial charge in [0.05, 0.1) is 13.0 Å². The zero-order chi connectivity index (χ0) is 15.1. The van der Waals surface area contributed by atoms with Crippen molar-refractivity contribution in [3.8, 4) is 0 Å². The van der Waals surface area contributed by atoms with Gasteiger partial charge >= 0.3 is 5.97 Å². The molecule has 0 radical (unpaired) electrons. The van der Waals surface area contributed by atoms with Crippen molar-refractivity contribution in [3.05, 3.63) is 35.4 Å². The van der Waals surface area contributed by atoms with Crippen LogP contribution in [0.25, 0.3) is 0 Å². The second-order valence-electron chi connectivity index (χ2n) is 4.87. The van der Waals surface area contributed by atoms with Gasteiger partial charge in [-0.05, 0) is 31.5 Å². The molecule has 1 amide bonds. The van der Waals surface area contributed by atoms with E-state index in [0.717, 1.165) is 5.56 Å². The molecule has 1 aromatic carbocycles. The summed E-state index contributed by atoms with van der Waals surface area (Å²) in [5.41, 5.74) is 1.55. The minimum Gasteiger partial charge on any atom is -0.481 e. The molecule has 20 heavy (non-hydrogen) atoms. The summed E-state index contributed by atoms with van der Waals surface area (Å²) in [6, 6.07) is 7.12. The van der Waals surface area contributed by atoms with E-state index in [1.165, 1.54) is 0 Å². The largest absolute Gasteiger partial charge is 0.481 e. The Balaban J connectivity index is 2.80. The van der Waals surface area contributed by atoms with Gasteiger partial charge in [0.15, 0.2) is 0 Å². The Hall–Kier alpha value is -1.88. The molecular weight excluding hydrogens is 258 g/mol. The number of carboxylic acid groups (broad SMARTS) is 1. The first-order valence-electron chi connectivity index (χ1n) is 6.56. The molecule has 0 fully saturated rings. The Morgan fingerprint density at radius 3 is 2.30 bits per heavy atom. The number of carboxylic acids is 1. The summed E-state index contributed by atoms with van der Waals surface area (Å²) >= 11 is 0. The minimum atomic E-state index is -0.904. The molecule has 5 heteroatoms. The van der Waals surface area contributed by atoms with Crippen molar-refractivity contribution in [2.45, 2.75) is 32.9 Å². The molecule has 0 aliphatic rings. The van der Waals surface area contributed by atoms with Gasteiger partial charge in [-0.25, -0.2) is 0 Å². The van der Waals surface area contributed by atoms with Gasteiger partial charge in [-0.15, -0.1) is 0 Å². The Labute approximate surface area is 119 Å². The number of amides is 1. The van der Waals surface area contributed by atoms with Gasteiger partial charge in [0, 0.05) is 25.3 Å². The van der Waals surface area contributed by atoms with E-state index >= 15 is 0 Å². The number of hydrogen-bond acceptors (Lipinski definition) is 3. The monoisotopic (exact) mass is 279 g/mol. The Morgan fingerprint density at radius 2 is 1.85 bits per heavy atom. The first-order chi connectivity index (χ1) is 9.45. The fourth-order valence-corrected chi connectivity index (χ4v) is 1.89. The van der Waals surface area contributed by atoms with E-state index in [4.69, 9.17) is 9.84 Å². The standard InChI is InChI=1S/C15H21NO4/c1-11(2)16(9-8-14(17)18)15(19)13-6-4-12(5-7-13)10-20-3/h4-7,11H,8-10H2,1-3H3,(H,17,18). The van der Waals surface area contributed by atoms with Crippen LogP contribution in [-0.2, 0) is 16.1 Å². The van der Waals surface area contributed by atoms with Gasteiger partial charge < -0.3 is 14.7 Å². The van der Waals surface area contributed by atoms with Gasteiger partial charge in [0.1, 0.15) is 0 Å². The van der Waals surface area contributed by atoms with Gasteiger partial charge in [-0.1, -0.05) is 12.1 Å². The molecule has 0 aliphatic carbocycles. The maximum absolute atomic E-state index is 12.4. The molecule has 0 aromatic heterocycles. The van der Waals surface area contributed by atoms with E-state index in [-0.39, 0.29) is 24.9 Å². The number of ether oxygens (including phenoxy) is 1. The highest BCUT2D eigenvalue weighted by Gasteiger charge is 2.19. The second-order valence-corrected chi connectivity index (χ2v) is 4.87. The van der Waals surface area contributed by atoms with Crippen LogP contribution >= 0.6 is 0 Å². The molecule has 1 N–H and O–H groups in total. The first kappa shape index (κ1) is 16.2. The van der Waals surface area contributed by atoms with Crippen molar-refractivity contribution >= 4 is 11.9 Å². The van der Waals surface area contributed by atoms with E-state index in [9.17, 15) is 9.59 Å². The SMILES string of the molecule is COCc1ccc(C(=O)N(CCC(=O)O)C(C)C)cc1. The van der Waals surface area contributed by atoms with Gasteiger partial charge in [-0.3, -0.25) is 9.59 Å². The third-order valence-electron chi connectivity index (χ3n) is 2.96. The molecule has 1 aromatic rings. The van der Waals surface area contributed by atoms with Crippen LogP contribution in [-0.4, -0.2) is 41.6 Å². The van der Waals surface area contributed by atoms with Crippen molar-refractivity contribution in [3.63, 3.8) is 0 Å². The van der Waals surface area contributed by atoms with Crippen LogP contribution in [0.4, 0.5) is 0 Å². The highest BCUT2D eigenvalue weighted by molar-refractivity contribution is 5.94. The van der Waals surface area contributed by atoms with E-state index in [2.05, 4.69) is 0 Å². The molecule has 1 rings (SSSR count). The van der Waals surface area contributed by atoms with Crippen molar-refractivity contribution in [2.75, 3.05) is 13.7 Å². The molecule has 0 unspecified atom stereocenters. The summed E-state index contributed by atoms with van der Waals surface area (Å²) < 4.78 is 5.02. The molecule has 0 saturated carbocycles. The third kappa shape index (κ3) is 4.66. The Kier molecular flexibility index (Phi) is 6.18. The third-order valence-corrected chi connectivity index (χ3v) is 2.96. The molecule has 110 valence electrons. The van der Waals surface area contributed by atoms with Crippen molar-refractivity contribution in [2.24, 2.45) is 0 Å². The molecule has 5 nitrogen and oxygen atoms in total. The minimum absolute atomic E-state index is 0.0412. The lowest BCUT2D eigenvalue weighted by atomic mass is 10.1. The highest BCUT2D eigenvalue weighted by Crippen LogP contribution is 2.11. The Bertz CT molecular complexity index is 453. The molecule has 0 bridgehead atoms. The number of rotatable bonds is 7. The summed E-state index contributed by atoms with van der Waals surface area (Å²) in [7, 11) is 1.62. The average molecular weight is 279 g/mol. The molecule has 0 heterocycles. The van der Waals surface area contributed by atoms with Crippen LogP contribution < -0.4 is 0 Å². The fraction of sp³-hybridized carbons (Fsp3) is 0.467. The summed E-state index contributed by atoms with van der Waals surface area (Å²) in [5, 5.41) is 8.74. The number of benzene rings is 1. The van der Waals surface area contributed by atoms with Gasteiger partial charge in [-0.2, -0.15) is 0 Å². The number of carbonyl (C=O) groups is 2. The molecular formula is C15H21NO4. The summed E-state index contributed by atoms with van der Waals surface area (Å²) in [6.07, 6.45) is -0.0499. The predicted molar refractivity (Wildman–Crippen MR) is 75.6 cm³/mol. The maximum atomic E-state index is 12.4. The van der Waals surface area contributed by atoms with Crippen LogP contribution in [0.15, 0.2) is 24.3 Å². The second kappa shape index (κ2) is 7.65. The quantitative estimate of drug-likeness (QED) is 0.830. The van der Waals surface area contributed by atoms with Gasteiger partial charge in [0.25, 0.3) is 5.91 Å². The number of hydrogen-bond donors (Lipinski definition) is 1. The average Bonchev–Trinajstić information content (AvgIpc) is 2.39. The summed E-state index contributed by atoms with van der Waals surface area (Å²) in [4.78, 5) is 24.6. The number of aliphatic carboxylic acids is 1. The van der Waals surface area contributed by atoms with Crippen molar-refractivity contribution < 1.29 is 19.4 Å². The van der Waals surface area contributed by atoms with E-state index < -0.39 is 5.97 Å². The van der Waals surface area contributed by atoms with Crippen molar-refractivity contribution in [1.82, 2.24) is 4.90 Å². The summed E-state index contributed by atoms with van der Waals surface area (Å²) in [5.74, 6) is -1.05. The van der Waals surface area contributed by atoms with Crippen LogP contribution in [0, 0.1) is 0 Å². The van der Waals surface area contributed by atoms with Gasteiger partial charge in [0.2, 0.25) is 0 Å². The molecule has 0 spiro atoms. The lowest BCUT2D eigenvalue weighted by Gasteiger charge is -2.26. The first-order valence-corrected chi connectivity index (χ1v) is 6.56. The van der Waals surface area contributed by atoms with E-state index in [1.807, 2.05) is 26.0 Å². The smallest absolute Gasteiger partial charge is 0.305 e. The Morgan fingerprint density at radius 1 is 1.25 bits per heavy atom. The van der Waals surface area contributed by atoms with E-state index in [1.54, 1.807) is 24.1 Å². The van der Waals surface area contributed by atoms with Crippen LogP contribution in [0.1, 0.15) is 36.2 Å². The van der Waals surface area contributed by atoms with Crippen molar-refractivity contribution in [1.29, 1.82) is 0 Å². The zero-order valence-corrected chi connectivity index (χ0v) is 12.1. The molecule has 0 saturated heterocycles. The lowest BCUT2D eigenvalue weighted by molar-refractivity contribution is -0.137. The van der Waals surface area contributed by atoms with Crippen LogP contribution in [0.3, 0.4) is 0 Å². The highest BCUT2D eigenvalue weighted by atomic mass is 16.5. The number of methoxy groups -OCH3 is 1. The predicted octanol–water partition coefficient (Wildman–Crippen LogP) is 2.16. The normalized spacial score (nSPS) is 10.6. The topological polar surface area (TPSA) is 66.8 Å². The summed E-state index contributed by atoms with van der Waals surface area (Å²) in [6.45, 7) is 4.46. The number of nitrogens with zero attached hydrogens (tertiary/aromatic N) is 1. The maximum Gasteiger partial charge on any atom is 0.305 e. The number of carbonyl (C=O) groups excluding carboxylic acids is 1.